The Labute approximate surface area is 183 Å². The Morgan fingerprint density at radius 2 is 1.83 bits per heavy atom. The van der Waals surface area contributed by atoms with E-state index in [0.717, 1.165) is 16.9 Å². The largest absolute Gasteiger partial charge is 0.352 e. The molecular formula is C23H29ClN2O2S. The Balaban J connectivity index is 2.07. The van der Waals surface area contributed by atoms with Gasteiger partial charge in [-0.25, -0.2) is 0 Å². The highest BCUT2D eigenvalue weighted by atomic mass is 35.5. The van der Waals surface area contributed by atoms with E-state index in [4.69, 9.17) is 11.6 Å². The normalized spacial score (nSPS) is 12.8. The zero-order chi connectivity index (χ0) is 21.2. The molecule has 0 heterocycles. The summed E-state index contributed by atoms with van der Waals surface area (Å²) in [5, 5.41) is 3.60. The van der Waals surface area contributed by atoms with Gasteiger partial charge >= 0.3 is 0 Å². The Morgan fingerprint density at radius 3 is 2.48 bits per heavy atom. The van der Waals surface area contributed by atoms with Crippen LogP contribution in [0.2, 0.25) is 5.02 Å². The molecule has 0 radical (unpaired) electrons. The fraction of sp³-hybridized carbons (Fsp3) is 0.391. The van der Waals surface area contributed by atoms with Gasteiger partial charge in [-0.05, 0) is 50.1 Å². The number of halogens is 1. The monoisotopic (exact) mass is 432 g/mol. The van der Waals surface area contributed by atoms with Crippen LogP contribution in [0.4, 0.5) is 0 Å². The minimum absolute atomic E-state index is 0.0415. The molecule has 0 saturated heterocycles. The van der Waals surface area contributed by atoms with Crippen LogP contribution in [-0.4, -0.2) is 34.6 Å². The molecule has 0 saturated carbocycles. The van der Waals surface area contributed by atoms with Crippen molar-refractivity contribution in [1.29, 1.82) is 0 Å². The topological polar surface area (TPSA) is 49.4 Å². The first-order valence-electron chi connectivity index (χ1n) is 9.92. The van der Waals surface area contributed by atoms with Crippen LogP contribution >= 0.6 is 23.4 Å². The lowest BCUT2D eigenvalue weighted by Crippen LogP contribution is -2.49. The summed E-state index contributed by atoms with van der Waals surface area (Å²) in [6.45, 7) is 6.12. The maximum atomic E-state index is 13.0. The zero-order valence-electron chi connectivity index (χ0n) is 17.2. The zero-order valence-corrected chi connectivity index (χ0v) is 18.8. The van der Waals surface area contributed by atoms with Gasteiger partial charge in [0, 0.05) is 34.7 Å². The summed E-state index contributed by atoms with van der Waals surface area (Å²) >= 11 is 7.74. The van der Waals surface area contributed by atoms with Gasteiger partial charge in [-0.1, -0.05) is 48.9 Å². The fourth-order valence-electron chi connectivity index (χ4n) is 2.80. The molecule has 0 spiro atoms. The van der Waals surface area contributed by atoms with E-state index in [1.165, 1.54) is 0 Å². The van der Waals surface area contributed by atoms with E-state index in [0.29, 0.717) is 23.7 Å². The van der Waals surface area contributed by atoms with E-state index in [1.807, 2.05) is 62.4 Å². The minimum Gasteiger partial charge on any atom is -0.352 e. The van der Waals surface area contributed by atoms with Gasteiger partial charge in [0.1, 0.15) is 6.04 Å². The molecule has 0 aliphatic heterocycles. The summed E-state index contributed by atoms with van der Waals surface area (Å²) in [4.78, 5) is 28.5. The predicted molar refractivity (Wildman–Crippen MR) is 121 cm³/mol. The molecular weight excluding hydrogens is 404 g/mol. The third kappa shape index (κ3) is 7.75. The molecule has 4 nitrogen and oxygen atoms in total. The van der Waals surface area contributed by atoms with Crippen molar-refractivity contribution in [2.75, 3.05) is 5.75 Å². The second kappa shape index (κ2) is 11.9. The highest BCUT2D eigenvalue weighted by Gasteiger charge is 2.26. The summed E-state index contributed by atoms with van der Waals surface area (Å²) in [5.74, 6) is 0.486. The number of carbonyl (C=O) groups excluding carboxylic acids is 2. The lowest BCUT2D eigenvalue weighted by Gasteiger charge is -2.29. The van der Waals surface area contributed by atoms with Crippen molar-refractivity contribution in [1.82, 2.24) is 10.2 Å². The van der Waals surface area contributed by atoms with E-state index in [1.54, 1.807) is 29.7 Å². The molecule has 0 bridgehead atoms. The molecule has 29 heavy (non-hydrogen) atoms. The minimum atomic E-state index is -0.558. The van der Waals surface area contributed by atoms with Crippen LogP contribution in [0.15, 0.2) is 59.5 Å². The number of carbonyl (C=O) groups is 2. The highest BCUT2D eigenvalue weighted by molar-refractivity contribution is 7.99. The van der Waals surface area contributed by atoms with Crippen molar-refractivity contribution in [2.45, 2.75) is 57.1 Å². The Hall–Kier alpha value is -1.98. The average Bonchev–Trinajstić information content (AvgIpc) is 2.72. The van der Waals surface area contributed by atoms with Crippen molar-refractivity contribution in [3.05, 3.63) is 65.2 Å². The van der Waals surface area contributed by atoms with Gasteiger partial charge < -0.3 is 10.2 Å². The molecule has 0 aromatic heterocycles. The van der Waals surface area contributed by atoms with Crippen LogP contribution in [0.25, 0.3) is 0 Å². The maximum absolute atomic E-state index is 13.0. The molecule has 0 fully saturated rings. The molecule has 0 aliphatic rings. The Morgan fingerprint density at radius 1 is 1.10 bits per heavy atom. The van der Waals surface area contributed by atoms with Crippen molar-refractivity contribution in [3.8, 4) is 0 Å². The van der Waals surface area contributed by atoms with Crippen molar-refractivity contribution in [3.63, 3.8) is 0 Å². The first-order valence-corrected chi connectivity index (χ1v) is 11.3. The van der Waals surface area contributed by atoms with Crippen molar-refractivity contribution >= 4 is 35.2 Å². The summed E-state index contributed by atoms with van der Waals surface area (Å²) < 4.78 is 0. The van der Waals surface area contributed by atoms with Crippen LogP contribution in [-0.2, 0) is 16.1 Å². The van der Waals surface area contributed by atoms with Gasteiger partial charge in [0.15, 0.2) is 0 Å². The smallest absolute Gasteiger partial charge is 0.242 e. The molecule has 2 aromatic rings. The van der Waals surface area contributed by atoms with Crippen LogP contribution in [0.1, 0.15) is 39.2 Å². The van der Waals surface area contributed by atoms with Gasteiger partial charge in [0.2, 0.25) is 11.8 Å². The van der Waals surface area contributed by atoms with E-state index >= 15 is 0 Å². The molecule has 2 amide bonds. The molecule has 2 atom stereocenters. The van der Waals surface area contributed by atoms with E-state index in [9.17, 15) is 9.59 Å². The lowest BCUT2D eigenvalue weighted by molar-refractivity contribution is -0.140. The molecule has 2 aromatic carbocycles. The molecule has 156 valence electrons. The van der Waals surface area contributed by atoms with Crippen molar-refractivity contribution in [2.24, 2.45) is 0 Å². The second-order valence-electron chi connectivity index (χ2n) is 7.06. The van der Waals surface area contributed by atoms with Gasteiger partial charge in [-0.2, -0.15) is 0 Å². The fourth-order valence-corrected chi connectivity index (χ4v) is 3.87. The first-order chi connectivity index (χ1) is 13.9. The number of nitrogens with one attached hydrogen (secondary N) is 1. The number of amides is 2. The van der Waals surface area contributed by atoms with Crippen LogP contribution < -0.4 is 5.32 Å². The SMILES string of the molecule is CC[C@@H](C)NC(=O)[C@@H](C)N(Cc1cccc(Cl)c1)C(=O)CCSc1ccccc1. The quantitative estimate of drug-likeness (QED) is 0.528. The summed E-state index contributed by atoms with van der Waals surface area (Å²) in [6, 6.07) is 16.9. The molecule has 1 N–H and O–H groups in total. The van der Waals surface area contributed by atoms with Gasteiger partial charge in [-0.3, -0.25) is 9.59 Å². The van der Waals surface area contributed by atoms with Crippen LogP contribution in [0.3, 0.4) is 0 Å². The van der Waals surface area contributed by atoms with Gasteiger partial charge in [0.05, 0.1) is 0 Å². The first kappa shape index (κ1) is 23.3. The standard InChI is InChI=1S/C23H29ClN2O2S/c1-4-17(2)25-23(28)18(3)26(16-19-9-8-10-20(24)15-19)22(27)13-14-29-21-11-6-5-7-12-21/h5-12,15,17-18H,4,13-14,16H2,1-3H3,(H,25,28)/t17-,18-/m1/s1. The Bertz CT molecular complexity index is 800. The van der Waals surface area contributed by atoms with E-state index in [2.05, 4.69) is 5.32 Å². The average molecular weight is 433 g/mol. The summed E-state index contributed by atoms with van der Waals surface area (Å²) in [7, 11) is 0. The van der Waals surface area contributed by atoms with Crippen LogP contribution in [0, 0.1) is 0 Å². The number of thioether (sulfide) groups is 1. The van der Waals surface area contributed by atoms with Crippen molar-refractivity contribution < 1.29 is 9.59 Å². The maximum Gasteiger partial charge on any atom is 0.242 e. The lowest BCUT2D eigenvalue weighted by atomic mass is 10.1. The summed E-state index contributed by atoms with van der Waals surface area (Å²) in [5.41, 5.74) is 0.907. The van der Waals surface area contributed by atoms with Gasteiger partial charge in [0.25, 0.3) is 0 Å². The van der Waals surface area contributed by atoms with Crippen LogP contribution in [0.5, 0.6) is 0 Å². The Kier molecular flexibility index (Phi) is 9.55. The predicted octanol–water partition coefficient (Wildman–Crippen LogP) is 5.15. The number of hydrogen-bond acceptors (Lipinski definition) is 3. The van der Waals surface area contributed by atoms with E-state index < -0.39 is 6.04 Å². The second-order valence-corrected chi connectivity index (χ2v) is 8.66. The number of nitrogens with zero attached hydrogens (tertiary/aromatic N) is 1. The number of benzene rings is 2. The molecule has 0 aliphatic carbocycles. The third-order valence-electron chi connectivity index (χ3n) is 4.74. The third-order valence-corrected chi connectivity index (χ3v) is 5.99. The van der Waals surface area contributed by atoms with Gasteiger partial charge in [-0.15, -0.1) is 11.8 Å². The molecule has 0 unspecified atom stereocenters. The number of hydrogen-bond donors (Lipinski definition) is 1. The molecule has 2 rings (SSSR count). The highest BCUT2D eigenvalue weighted by Crippen LogP contribution is 2.20. The number of rotatable bonds is 10. The molecule has 6 heteroatoms. The summed E-state index contributed by atoms with van der Waals surface area (Å²) in [6.07, 6.45) is 1.20. The van der Waals surface area contributed by atoms with E-state index in [-0.39, 0.29) is 17.9 Å².